The van der Waals surface area contributed by atoms with E-state index in [4.69, 9.17) is 14.2 Å². The first kappa shape index (κ1) is 22.3. The molecule has 0 heterocycles. The van der Waals surface area contributed by atoms with Gasteiger partial charge in [-0.05, 0) is 55.7 Å². The van der Waals surface area contributed by atoms with Crippen molar-refractivity contribution in [1.82, 2.24) is 5.32 Å². The van der Waals surface area contributed by atoms with Gasteiger partial charge in [0.15, 0.2) is 6.61 Å². The third-order valence-electron chi connectivity index (χ3n) is 4.31. The predicted molar refractivity (Wildman–Crippen MR) is 111 cm³/mol. The smallest absolute Gasteiger partial charge is 0.308 e. The van der Waals surface area contributed by atoms with Gasteiger partial charge in [0, 0.05) is 0 Å². The number of benzene rings is 2. The number of amides is 1. The molecular weight excluding hydrogens is 370 g/mol. The van der Waals surface area contributed by atoms with E-state index in [1.807, 2.05) is 55.5 Å². The summed E-state index contributed by atoms with van der Waals surface area (Å²) in [6.45, 7) is 6.46. The Balaban J connectivity index is 2.00. The number of esters is 1. The minimum absolute atomic E-state index is 0.0404. The van der Waals surface area contributed by atoms with E-state index in [1.54, 1.807) is 6.92 Å². The van der Waals surface area contributed by atoms with Crippen molar-refractivity contribution < 1.29 is 23.8 Å². The molecular formula is C23H29NO5. The molecule has 0 aromatic heterocycles. The molecule has 0 aliphatic carbocycles. The Morgan fingerprint density at radius 3 is 2.07 bits per heavy atom. The Morgan fingerprint density at radius 2 is 1.48 bits per heavy atom. The Labute approximate surface area is 172 Å². The molecule has 0 aliphatic heterocycles. The molecule has 0 bridgehead atoms. The Hall–Kier alpha value is -3.02. The first-order chi connectivity index (χ1) is 14.0. The quantitative estimate of drug-likeness (QED) is 0.581. The zero-order valence-electron chi connectivity index (χ0n) is 17.3. The van der Waals surface area contributed by atoms with Crippen LogP contribution in [0, 0.1) is 0 Å². The van der Waals surface area contributed by atoms with Crippen LogP contribution in [0.5, 0.6) is 11.5 Å². The van der Waals surface area contributed by atoms with E-state index in [0.717, 1.165) is 17.7 Å². The number of aryl methyl sites for hydroxylation is 1. The van der Waals surface area contributed by atoms with Gasteiger partial charge in [0.1, 0.15) is 11.5 Å². The average Bonchev–Trinajstić information content (AvgIpc) is 2.73. The van der Waals surface area contributed by atoms with E-state index >= 15 is 0 Å². The maximum Gasteiger partial charge on any atom is 0.308 e. The molecule has 1 N–H and O–H groups in total. The van der Waals surface area contributed by atoms with Crippen molar-refractivity contribution in [2.24, 2.45) is 0 Å². The second kappa shape index (κ2) is 11.7. The minimum Gasteiger partial charge on any atom is -0.494 e. The van der Waals surface area contributed by atoms with Crippen LogP contribution in [0.25, 0.3) is 0 Å². The van der Waals surface area contributed by atoms with Gasteiger partial charge < -0.3 is 19.5 Å². The molecule has 29 heavy (non-hydrogen) atoms. The Kier molecular flexibility index (Phi) is 9.02. The summed E-state index contributed by atoms with van der Waals surface area (Å²) in [5, 5.41) is 2.86. The van der Waals surface area contributed by atoms with Gasteiger partial charge in [-0.25, -0.2) is 0 Å². The lowest BCUT2D eigenvalue weighted by molar-refractivity contribution is -0.143. The molecule has 2 rings (SSSR count). The fraction of sp³-hybridized carbons (Fsp3) is 0.391. The maximum absolute atomic E-state index is 12.4. The summed E-state index contributed by atoms with van der Waals surface area (Å²) in [5.74, 6) is 0.673. The summed E-state index contributed by atoms with van der Waals surface area (Å²) in [7, 11) is 0. The number of hydrogen-bond acceptors (Lipinski definition) is 5. The van der Waals surface area contributed by atoms with E-state index in [2.05, 4.69) is 12.2 Å². The zero-order valence-corrected chi connectivity index (χ0v) is 17.3. The SMILES string of the molecule is CCOC(=O)C[C@@H](NC(=O)COc1ccc(CC)cc1)c1ccc(OCC)cc1. The van der Waals surface area contributed by atoms with Crippen LogP contribution in [0.3, 0.4) is 0 Å². The fourth-order valence-electron chi connectivity index (χ4n) is 2.81. The standard InChI is InChI=1S/C23H29NO5/c1-4-17-7-11-20(12-8-17)29-16-22(25)24-21(15-23(26)28-6-3)18-9-13-19(14-10-18)27-5-2/h7-14,21H,4-6,15-16H2,1-3H3,(H,24,25)/t21-/m1/s1. The number of rotatable bonds is 11. The molecule has 0 fully saturated rings. The zero-order chi connectivity index (χ0) is 21.1. The first-order valence-corrected chi connectivity index (χ1v) is 9.95. The van der Waals surface area contributed by atoms with Crippen LogP contribution < -0.4 is 14.8 Å². The van der Waals surface area contributed by atoms with Gasteiger partial charge in [-0.15, -0.1) is 0 Å². The van der Waals surface area contributed by atoms with Gasteiger partial charge in [0.2, 0.25) is 0 Å². The molecule has 2 aromatic carbocycles. The van der Waals surface area contributed by atoms with E-state index in [9.17, 15) is 9.59 Å². The largest absolute Gasteiger partial charge is 0.494 e. The molecule has 0 unspecified atom stereocenters. The molecule has 2 aromatic rings. The third kappa shape index (κ3) is 7.49. The van der Waals surface area contributed by atoms with Crippen molar-refractivity contribution in [3.8, 4) is 11.5 Å². The van der Waals surface area contributed by atoms with Crippen LogP contribution in [0.15, 0.2) is 48.5 Å². The lowest BCUT2D eigenvalue weighted by Crippen LogP contribution is -2.34. The van der Waals surface area contributed by atoms with Gasteiger partial charge >= 0.3 is 5.97 Å². The van der Waals surface area contributed by atoms with E-state index in [0.29, 0.717) is 19.0 Å². The van der Waals surface area contributed by atoms with Gasteiger partial charge in [-0.1, -0.05) is 31.2 Å². The molecule has 0 radical (unpaired) electrons. The minimum atomic E-state index is -0.511. The molecule has 0 spiro atoms. The van der Waals surface area contributed by atoms with Crippen LogP contribution in [-0.2, 0) is 20.7 Å². The molecule has 1 atom stereocenters. The maximum atomic E-state index is 12.4. The highest BCUT2D eigenvalue weighted by Crippen LogP contribution is 2.21. The number of nitrogens with one attached hydrogen (secondary N) is 1. The molecule has 156 valence electrons. The first-order valence-electron chi connectivity index (χ1n) is 9.95. The van der Waals surface area contributed by atoms with Gasteiger partial charge in [-0.3, -0.25) is 9.59 Å². The lowest BCUT2D eigenvalue weighted by Gasteiger charge is -2.19. The highest BCUT2D eigenvalue weighted by atomic mass is 16.5. The third-order valence-corrected chi connectivity index (χ3v) is 4.31. The average molecular weight is 399 g/mol. The van der Waals surface area contributed by atoms with Crippen molar-refractivity contribution in [3.63, 3.8) is 0 Å². The van der Waals surface area contributed by atoms with Crippen LogP contribution in [0.1, 0.15) is 44.4 Å². The molecule has 0 aliphatic rings. The Morgan fingerprint density at radius 1 is 0.862 bits per heavy atom. The molecule has 0 saturated carbocycles. The predicted octanol–water partition coefficient (Wildman–Crippen LogP) is 3.84. The summed E-state index contributed by atoms with van der Waals surface area (Å²) < 4.78 is 16.0. The van der Waals surface area contributed by atoms with Crippen LogP contribution in [0.4, 0.5) is 0 Å². The highest BCUT2D eigenvalue weighted by molar-refractivity contribution is 5.79. The monoisotopic (exact) mass is 399 g/mol. The van der Waals surface area contributed by atoms with Gasteiger partial charge in [-0.2, -0.15) is 0 Å². The number of carbonyl (C=O) groups excluding carboxylic acids is 2. The summed E-state index contributed by atoms with van der Waals surface area (Å²) in [6, 6.07) is 14.4. The van der Waals surface area contributed by atoms with E-state index in [-0.39, 0.29) is 24.9 Å². The summed E-state index contributed by atoms with van der Waals surface area (Å²) >= 11 is 0. The summed E-state index contributed by atoms with van der Waals surface area (Å²) in [4.78, 5) is 24.4. The van der Waals surface area contributed by atoms with Crippen molar-refractivity contribution in [3.05, 3.63) is 59.7 Å². The fourth-order valence-corrected chi connectivity index (χ4v) is 2.81. The molecule has 6 heteroatoms. The lowest BCUT2D eigenvalue weighted by atomic mass is 10.0. The second-order valence-corrected chi connectivity index (χ2v) is 6.42. The molecule has 6 nitrogen and oxygen atoms in total. The van der Waals surface area contributed by atoms with Crippen molar-refractivity contribution in [2.75, 3.05) is 19.8 Å². The van der Waals surface area contributed by atoms with Crippen molar-refractivity contribution >= 4 is 11.9 Å². The second-order valence-electron chi connectivity index (χ2n) is 6.42. The topological polar surface area (TPSA) is 73.9 Å². The number of hydrogen-bond donors (Lipinski definition) is 1. The van der Waals surface area contributed by atoms with Crippen molar-refractivity contribution in [2.45, 2.75) is 39.7 Å². The van der Waals surface area contributed by atoms with Crippen LogP contribution >= 0.6 is 0 Å². The Bertz CT molecular complexity index is 771. The number of ether oxygens (including phenoxy) is 3. The summed E-state index contributed by atoms with van der Waals surface area (Å²) in [5.41, 5.74) is 1.99. The summed E-state index contributed by atoms with van der Waals surface area (Å²) in [6.07, 6.45) is 0.983. The normalized spacial score (nSPS) is 11.4. The van der Waals surface area contributed by atoms with Crippen molar-refractivity contribution in [1.29, 1.82) is 0 Å². The van der Waals surface area contributed by atoms with Crippen LogP contribution in [-0.4, -0.2) is 31.7 Å². The number of carbonyl (C=O) groups is 2. The van der Waals surface area contributed by atoms with E-state index < -0.39 is 6.04 Å². The molecule has 1 amide bonds. The highest BCUT2D eigenvalue weighted by Gasteiger charge is 2.20. The van der Waals surface area contributed by atoms with Crippen LogP contribution in [0.2, 0.25) is 0 Å². The van der Waals surface area contributed by atoms with Gasteiger partial charge in [0.25, 0.3) is 5.91 Å². The van der Waals surface area contributed by atoms with E-state index in [1.165, 1.54) is 5.56 Å². The molecule has 0 saturated heterocycles. The van der Waals surface area contributed by atoms with Gasteiger partial charge in [0.05, 0.1) is 25.7 Å².